The molecule has 0 radical (unpaired) electrons. The number of carbonyl (C=O) groups is 1. The molecule has 7 heteroatoms. The van der Waals surface area contributed by atoms with Crippen LogP contribution in [0.3, 0.4) is 0 Å². The molecule has 1 aliphatic rings. The Morgan fingerprint density at radius 1 is 1.20 bits per heavy atom. The first kappa shape index (κ1) is 15.1. The molecule has 1 amide bonds. The first-order chi connectivity index (χ1) is 9.49. The minimum Gasteiger partial charge on any atom is -0.351 e. The zero-order valence-corrected chi connectivity index (χ0v) is 12.5. The first-order valence-electron chi connectivity index (χ1n) is 6.92. The van der Waals surface area contributed by atoms with Crippen LogP contribution < -0.4 is 4.72 Å². The molecule has 0 aromatic carbocycles. The summed E-state index contributed by atoms with van der Waals surface area (Å²) >= 11 is 0. The minimum absolute atomic E-state index is 0.0680. The van der Waals surface area contributed by atoms with Crippen LogP contribution in [0.25, 0.3) is 0 Å². The van der Waals surface area contributed by atoms with Crippen LogP contribution in [0.4, 0.5) is 0 Å². The van der Waals surface area contributed by atoms with E-state index in [1.165, 1.54) is 4.31 Å². The monoisotopic (exact) mass is 299 g/mol. The van der Waals surface area contributed by atoms with Crippen molar-refractivity contribution in [1.82, 2.24) is 13.6 Å². The molecule has 2 rings (SSSR count). The van der Waals surface area contributed by atoms with Crippen LogP contribution in [0.1, 0.15) is 38.6 Å². The van der Waals surface area contributed by atoms with E-state index in [9.17, 15) is 13.2 Å². The van der Waals surface area contributed by atoms with Crippen molar-refractivity contribution in [2.24, 2.45) is 0 Å². The van der Waals surface area contributed by atoms with E-state index in [1.807, 2.05) is 36.0 Å². The zero-order chi connectivity index (χ0) is 14.6. The van der Waals surface area contributed by atoms with Crippen molar-refractivity contribution in [3.8, 4) is 0 Å². The van der Waals surface area contributed by atoms with Crippen LogP contribution >= 0.6 is 0 Å². The molecule has 112 valence electrons. The summed E-state index contributed by atoms with van der Waals surface area (Å²) in [7, 11) is -3.67. The van der Waals surface area contributed by atoms with Gasteiger partial charge in [0, 0.05) is 37.9 Å². The van der Waals surface area contributed by atoms with Crippen molar-refractivity contribution in [2.75, 3.05) is 13.1 Å². The van der Waals surface area contributed by atoms with E-state index in [0.717, 1.165) is 19.3 Å². The lowest BCUT2D eigenvalue weighted by molar-refractivity contribution is -0.120. The van der Waals surface area contributed by atoms with Gasteiger partial charge < -0.3 is 4.57 Å². The lowest BCUT2D eigenvalue weighted by atomic mass is 10.2. The summed E-state index contributed by atoms with van der Waals surface area (Å²) in [6.45, 7) is 2.87. The van der Waals surface area contributed by atoms with Gasteiger partial charge in [0.05, 0.1) is 0 Å². The van der Waals surface area contributed by atoms with Crippen LogP contribution in [0.5, 0.6) is 0 Å². The number of nitrogens with one attached hydrogen (secondary N) is 1. The molecule has 6 nitrogen and oxygen atoms in total. The molecule has 1 atom stereocenters. The predicted molar refractivity (Wildman–Crippen MR) is 76.2 cm³/mol. The van der Waals surface area contributed by atoms with Crippen molar-refractivity contribution in [1.29, 1.82) is 0 Å². The summed E-state index contributed by atoms with van der Waals surface area (Å²) < 4.78 is 29.5. The highest BCUT2D eigenvalue weighted by molar-refractivity contribution is 7.87. The summed E-state index contributed by atoms with van der Waals surface area (Å²) in [5.74, 6) is -0.461. The van der Waals surface area contributed by atoms with E-state index < -0.39 is 16.1 Å². The van der Waals surface area contributed by atoms with Crippen molar-refractivity contribution < 1.29 is 13.2 Å². The highest BCUT2D eigenvalue weighted by atomic mass is 32.2. The second kappa shape index (κ2) is 6.41. The molecule has 1 aliphatic heterocycles. The normalized spacial score (nSPS) is 18.6. The van der Waals surface area contributed by atoms with E-state index >= 15 is 0 Å². The third-order valence-corrected chi connectivity index (χ3v) is 5.05. The number of hydrogen-bond donors (Lipinski definition) is 1. The number of hydrogen-bond acceptors (Lipinski definition) is 3. The average Bonchev–Trinajstić information content (AvgIpc) is 2.93. The van der Waals surface area contributed by atoms with Crippen molar-refractivity contribution >= 4 is 16.1 Å². The standard InChI is InChI=1S/C13H21N3O3S/c1-12(15-7-5-6-8-15)11-13(17)14-20(18,19)16-9-3-2-4-10-16/h5-8,12H,2-4,9-11H2,1H3,(H,14,17). The molecule has 0 saturated carbocycles. The fourth-order valence-corrected chi connectivity index (χ4v) is 3.61. The van der Waals surface area contributed by atoms with Crippen molar-refractivity contribution in [3.05, 3.63) is 24.5 Å². The highest BCUT2D eigenvalue weighted by Crippen LogP contribution is 2.14. The number of piperidine rings is 1. The van der Waals surface area contributed by atoms with Gasteiger partial charge in [-0.05, 0) is 31.9 Å². The minimum atomic E-state index is -3.67. The number of nitrogens with zero attached hydrogens (tertiary/aromatic N) is 2. The predicted octanol–water partition coefficient (Wildman–Crippen LogP) is 1.29. The fraction of sp³-hybridized carbons (Fsp3) is 0.615. The Balaban J connectivity index is 1.90. The smallest absolute Gasteiger partial charge is 0.303 e. The maximum Gasteiger partial charge on any atom is 0.303 e. The Hall–Kier alpha value is -1.34. The zero-order valence-electron chi connectivity index (χ0n) is 11.7. The SMILES string of the molecule is CC(CC(=O)NS(=O)(=O)N1CCCCC1)n1cccc1. The summed E-state index contributed by atoms with van der Waals surface area (Å²) in [6.07, 6.45) is 6.62. The van der Waals surface area contributed by atoms with Crippen LogP contribution in [0, 0.1) is 0 Å². The molecule has 20 heavy (non-hydrogen) atoms. The Labute approximate surface area is 119 Å². The number of rotatable bonds is 5. The molecule has 1 unspecified atom stereocenters. The second-order valence-corrected chi connectivity index (χ2v) is 6.84. The van der Waals surface area contributed by atoms with Crippen LogP contribution in [0.15, 0.2) is 24.5 Å². The van der Waals surface area contributed by atoms with Gasteiger partial charge in [-0.2, -0.15) is 12.7 Å². The molecule has 0 aliphatic carbocycles. The average molecular weight is 299 g/mol. The van der Waals surface area contributed by atoms with Crippen molar-refractivity contribution in [2.45, 2.75) is 38.6 Å². The number of amides is 1. The fourth-order valence-electron chi connectivity index (χ4n) is 2.37. The largest absolute Gasteiger partial charge is 0.351 e. The molecule has 1 fully saturated rings. The molecule has 2 heterocycles. The molecule has 0 spiro atoms. The summed E-state index contributed by atoms with van der Waals surface area (Å²) in [5.41, 5.74) is 0. The maximum absolute atomic E-state index is 12.1. The first-order valence-corrected chi connectivity index (χ1v) is 8.36. The molecule has 1 N–H and O–H groups in total. The molecular formula is C13H21N3O3S. The quantitative estimate of drug-likeness (QED) is 0.890. The Morgan fingerprint density at radius 3 is 2.40 bits per heavy atom. The second-order valence-electron chi connectivity index (χ2n) is 5.17. The molecular weight excluding hydrogens is 278 g/mol. The van der Waals surface area contributed by atoms with Gasteiger partial charge in [-0.1, -0.05) is 6.42 Å². The van der Waals surface area contributed by atoms with Gasteiger partial charge in [0.2, 0.25) is 5.91 Å². The van der Waals surface area contributed by atoms with E-state index in [0.29, 0.717) is 13.1 Å². The van der Waals surface area contributed by atoms with Crippen LogP contribution in [0.2, 0.25) is 0 Å². The van der Waals surface area contributed by atoms with E-state index in [2.05, 4.69) is 4.72 Å². The lowest BCUT2D eigenvalue weighted by Crippen LogP contribution is -2.45. The number of aromatic nitrogens is 1. The number of carbonyl (C=O) groups excluding carboxylic acids is 1. The van der Waals surface area contributed by atoms with Gasteiger partial charge in [-0.25, -0.2) is 4.72 Å². The molecule has 1 aromatic rings. The third kappa shape index (κ3) is 3.83. The summed E-state index contributed by atoms with van der Waals surface area (Å²) in [6, 6.07) is 3.68. The van der Waals surface area contributed by atoms with Gasteiger partial charge in [0.1, 0.15) is 0 Å². The van der Waals surface area contributed by atoms with E-state index in [4.69, 9.17) is 0 Å². The highest BCUT2D eigenvalue weighted by Gasteiger charge is 2.26. The Kier molecular flexibility index (Phi) is 4.82. The van der Waals surface area contributed by atoms with Gasteiger partial charge in [0.25, 0.3) is 0 Å². The third-order valence-electron chi connectivity index (χ3n) is 3.52. The lowest BCUT2D eigenvalue weighted by Gasteiger charge is -2.26. The van der Waals surface area contributed by atoms with Crippen molar-refractivity contribution in [3.63, 3.8) is 0 Å². The maximum atomic E-state index is 12.1. The topological polar surface area (TPSA) is 71.4 Å². The van der Waals surface area contributed by atoms with Gasteiger partial charge in [-0.15, -0.1) is 0 Å². The van der Waals surface area contributed by atoms with E-state index in [1.54, 1.807) is 0 Å². The Morgan fingerprint density at radius 2 is 1.80 bits per heavy atom. The Bertz CT molecular complexity index is 533. The molecule has 1 saturated heterocycles. The van der Waals surface area contributed by atoms with Crippen LogP contribution in [-0.4, -0.2) is 36.3 Å². The summed E-state index contributed by atoms with van der Waals surface area (Å²) in [4.78, 5) is 11.9. The summed E-state index contributed by atoms with van der Waals surface area (Å²) in [5, 5.41) is 0. The van der Waals surface area contributed by atoms with Gasteiger partial charge in [-0.3, -0.25) is 4.79 Å². The van der Waals surface area contributed by atoms with Gasteiger partial charge >= 0.3 is 10.2 Å². The molecule has 1 aromatic heterocycles. The van der Waals surface area contributed by atoms with Crippen LogP contribution in [-0.2, 0) is 15.0 Å². The molecule has 0 bridgehead atoms. The van der Waals surface area contributed by atoms with Gasteiger partial charge in [0.15, 0.2) is 0 Å². The van der Waals surface area contributed by atoms with E-state index in [-0.39, 0.29) is 12.5 Å².